The van der Waals surface area contributed by atoms with E-state index < -0.39 is 0 Å². The zero-order chi connectivity index (χ0) is 20.3. The van der Waals surface area contributed by atoms with Crippen molar-refractivity contribution < 1.29 is 19.1 Å². The van der Waals surface area contributed by atoms with E-state index >= 15 is 0 Å². The highest BCUT2D eigenvalue weighted by molar-refractivity contribution is 7.20. The molecule has 1 N–H and O–H groups in total. The van der Waals surface area contributed by atoms with Gasteiger partial charge in [0.15, 0.2) is 0 Å². The maximum absolute atomic E-state index is 12.8. The Labute approximate surface area is 169 Å². The molecule has 0 saturated carbocycles. The normalized spacial score (nSPS) is 17.5. The molecule has 2 aromatic heterocycles. The van der Waals surface area contributed by atoms with Crippen molar-refractivity contribution in [2.24, 2.45) is 0 Å². The fraction of sp³-hybridized carbons (Fsp3) is 0.550. The molecule has 3 rings (SSSR count). The van der Waals surface area contributed by atoms with Crippen LogP contribution in [0.2, 0.25) is 0 Å². The van der Waals surface area contributed by atoms with Gasteiger partial charge in [0.2, 0.25) is 5.91 Å². The number of morpholine rings is 1. The minimum absolute atomic E-state index is 0.000916. The van der Waals surface area contributed by atoms with Gasteiger partial charge >= 0.3 is 0 Å². The minimum Gasteiger partial charge on any atom is -0.370 e. The number of amides is 2. The fourth-order valence-corrected chi connectivity index (χ4v) is 4.24. The summed E-state index contributed by atoms with van der Waals surface area (Å²) in [7, 11) is 0. The Morgan fingerprint density at radius 2 is 2.18 bits per heavy atom. The third-order valence-electron chi connectivity index (χ3n) is 4.41. The van der Waals surface area contributed by atoms with Gasteiger partial charge in [-0.1, -0.05) is 6.07 Å². The largest absolute Gasteiger partial charge is 0.370 e. The van der Waals surface area contributed by atoms with Gasteiger partial charge in [-0.2, -0.15) is 0 Å². The van der Waals surface area contributed by atoms with Gasteiger partial charge in [-0.3, -0.25) is 9.59 Å². The van der Waals surface area contributed by atoms with E-state index in [1.54, 1.807) is 11.1 Å². The van der Waals surface area contributed by atoms with Crippen LogP contribution in [0.5, 0.6) is 0 Å². The summed E-state index contributed by atoms with van der Waals surface area (Å²) < 4.78 is 11.5. The van der Waals surface area contributed by atoms with Crippen LogP contribution in [0.1, 0.15) is 49.0 Å². The van der Waals surface area contributed by atoms with E-state index in [9.17, 15) is 9.59 Å². The molecular formula is C20H27N3O4S. The topological polar surface area (TPSA) is 80.8 Å². The van der Waals surface area contributed by atoms with Crippen LogP contribution in [0, 0.1) is 0 Å². The average Bonchev–Trinajstić information content (AvgIpc) is 3.05. The molecule has 1 aliphatic rings. The Kier molecular flexibility index (Phi) is 6.64. The quantitative estimate of drug-likeness (QED) is 0.799. The van der Waals surface area contributed by atoms with Crippen LogP contribution >= 0.6 is 11.3 Å². The molecule has 0 bridgehead atoms. The molecule has 1 atom stereocenters. The van der Waals surface area contributed by atoms with Crippen LogP contribution in [0.4, 0.5) is 0 Å². The molecule has 1 saturated heterocycles. The lowest BCUT2D eigenvalue weighted by Gasteiger charge is -2.33. The van der Waals surface area contributed by atoms with E-state index in [-0.39, 0.29) is 36.7 Å². The summed E-state index contributed by atoms with van der Waals surface area (Å²) in [6, 6.07) is 3.83. The summed E-state index contributed by atoms with van der Waals surface area (Å²) in [5, 5.41) is 3.86. The van der Waals surface area contributed by atoms with Crippen molar-refractivity contribution in [3.8, 4) is 0 Å². The summed E-state index contributed by atoms with van der Waals surface area (Å²) >= 11 is 1.36. The summed E-state index contributed by atoms with van der Waals surface area (Å²) in [5.74, 6) is -0.198. The van der Waals surface area contributed by atoms with Crippen LogP contribution in [-0.4, -0.2) is 60.1 Å². The molecule has 0 unspecified atom stereocenters. The van der Waals surface area contributed by atoms with Gasteiger partial charge in [0.05, 0.1) is 19.3 Å². The SMILES string of the molecule is CC(C)NC(=O)c1sc2ncccc2c1[C@H]1CN(C(=O)COC(C)C)CCO1. The number of hydrogen-bond acceptors (Lipinski definition) is 6. The van der Waals surface area contributed by atoms with Crippen LogP contribution < -0.4 is 5.32 Å². The highest BCUT2D eigenvalue weighted by Crippen LogP contribution is 2.37. The van der Waals surface area contributed by atoms with E-state index in [1.807, 2.05) is 39.8 Å². The summed E-state index contributed by atoms with van der Waals surface area (Å²) in [6.45, 7) is 9.04. The number of aromatic nitrogens is 1. The van der Waals surface area contributed by atoms with Crippen molar-refractivity contribution in [2.75, 3.05) is 26.3 Å². The molecule has 1 fully saturated rings. The molecule has 0 spiro atoms. The van der Waals surface area contributed by atoms with Crippen molar-refractivity contribution in [2.45, 2.75) is 45.9 Å². The highest BCUT2D eigenvalue weighted by atomic mass is 32.1. The second-order valence-electron chi connectivity index (χ2n) is 7.39. The van der Waals surface area contributed by atoms with Crippen molar-refractivity contribution in [3.63, 3.8) is 0 Å². The van der Waals surface area contributed by atoms with E-state index in [4.69, 9.17) is 9.47 Å². The number of carbonyl (C=O) groups is 2. The van der Waals surface area contributed by atoms with Gasteiger partial charge < -0.3 is 19.7 Å². The average molecular weight is 406 g/mol. The predicted molar refractivity (Wildman–Crippen MR) is 109 cm³/mol. The highest BCUT2D eigenvalue weighted by Gasteiger charge is 2.32. The molecule has 7 nitrogen and oxygen atoms in total. The first-order valence-corrected chi connectivity index (χ1v) is 10.4. The molecule has 1 aliphatic heterocycles. The van der Waals surface area contributed by atoms with Gasteiger partial charge in [-0.15, -0.1) is 11.3 Å². The monoisotopic (exact) mass is 405 g/mol. The zero-order valence-corrected chi connectivity index (χ0v) is 17.5. The molecule has 2 amide bonds. The first-order valence-electron chi connectivity index (χ1n) is 9.56. The number of pyridine rings is 1. The molecule has 152 valence electrons. The number of fused-ring (bicyclic) bond motifs is 1. The van der Waals surface area contributed by atoms with Crippen LogP contribution in [-0.2, 0) is 14.3 Å². The van der Waals surface area contributed by atoms with Gasteiger partial charge in [-0.05, 0) is 33.8 Å². The third-order valence-corrected chi connectivity index (χ3v) is 5.54. The molecular weight excluding hydrogens is 378 g/mol. The Morgan fingerprint density at radius 1 is 1.39 bits per heavy atom. The lowest BCUT2D eigenvalue weighted by molar-refractivity contribution is -0.145. The third kappa shape index (κ3) is 4.68. The first-order chi connectivity index (χ1) is 13.4. The Balaban J connectivity index is 1.89. The second-order valence-corrected chi connectivity index (χ2v) is 8.39. The summed E-state index contributed by atoms with van der Waals surface area (Å²) in [5.41, 5.74) is 0.813. The van der Waals surface area contributed by atoms with Crippen molar-refractivity contribution >= 4 is 33.4 Å². The van der Waals surface area contributed by atoms with Crippen LogP contribution in [0.15, 0.2) is 18.3 Å². The number of carbonyl (C=O) groups excluding carboxylic acids is 2. The van der Waals surface area contributed by atoms with Crippen LogP contribution in [0.3, 0.4) is 0 Å². The molecule has 0 aliphatic carbocycles. The first kappa shape index (κ1) is 20.7. The maximum atomic E-state index is 12.8. The van der Waals surface area contributed by atoms with E-state index in [0.717, 1.165) is 15.8 Å². The van der Waals surface area contributed by atoms with Crippen LogP contribution in [0.25, 0.3) is 10.2 Å². The number of thiophene rings is 1. The minimum atomic E-state index is -0.373. The molecule has 28 heavy (non-hydrogen) atoms. The van der Waals surface area contributed by atoms with E-state index in [2.05, 4.69) is 10.3 Å². The lowest BCUT2D eigenvalue weighted by atomic mass is 10.0. The smallest absolute Gasteiger partial charge is 0.262 e. The number of nitrogens with zero attached hydrogens (tertiary/aromatic N) is 2. The Bertz CT molecular complexity index is 849. The van der Waals surface area contributed by atoms with Crippen molar-refractivity contribution in [1.29, 1.82) is 0 Å². The summed E-state index contributed by atoms with van der Waals surface area (Å²) in [4.78, 5) is 32.8. The van der Waals surface area contributed by atoms with Gasteiger partial charge in [-0.25, -0.2) is 4.98 Å². The lowest BCUT2D eigenvalue weighted by Crippen LogP contribution is -2.44. The number of rotatable bonds is 6. The summed E-state index contributed by atoms with van der Waals surface area (Å²) in [6.07, 6.45) is 1.34. The second kappa shape index (κ2) is 8.98. The van der Waals surface area contributed by atoms with Gasteiger partial charge in [0, 0.05) is 29.7 Å². The Morgan fingerprint density at radius 3 is 2.89 bits per heavy atom. The number of hydrogen-bond donors (Lipinski definition) is 1. The van der Waals surface area contributed by atoms with Gasteiger partial charge in [0.1, 0.15) is 22.4 Å². The molecule has 0 aromatic carbocycles. The standard InChI is InChI=1S/C20H27N3O4S/c1-12(2)22-19(25)18-17(14-6-5-7-21-20(14)28-18)15-10-23(8-9-26-15)16(24)11-27-13(3)4/h5-7,12-13,15H,8-11H2,1-4H3,(H,22,25)/t15-/m1/s1. The molecule has 8 heteroatoms. The van der Waals surface area contributed by atoms with Gasteiger partial charge in [0.25, 0.3) is 5.91 Å². The van der Waals surface area contributed by atoms with Crippen molar-refractivity contribution in [3.05, 3.63) is 28.8 Å². The fourth-order valence-electron chi connectivity index (χ4n) is 3.15. The maximum Gasteiger partial charge on any atom is 0.262 e. The zero-order valence-electron chi connectivity index (χ0n) is 16.7. The molecule has 3 heterocycles. The van der Waals surface area contributed by atoms with E-state index in [1.165, 1.54) is 11.3 Å². The van der Waals surface area contributed by atoms with E-state index in [0.29, 0.717) is 24.6 Å². The van der Waals surface area contributed by atoms with Crippen molar-refractivity contribution in [1.82, 2.24) is 15.2 Å². The molecule has 2 aromatic rings. The Hall–Kier alpha value is -2.03. The predicted octanol–water partition coefficient (Wildman–Crippen LogP) is 2.76. The number of nitrogens with one attached hydrogen (secondary N) is 1. The number of ether oxygens (including phenoxy) is 2. The molecule has 0 radical (unpaired) electrons.